The zero-order valence-electron chi connectivity index (χ0n) is 21.2. The number of nitrogens with zero attached hydrogens (tertiary/aromatic N) is 3. The van der Waals surface area contributed by atoms with Crippen molar-refractivity contribution in [2.24, 2.45) is 5.92 Å². The summed E-state index contributed by atoms with van der Waals surface area (Å²) in [5.74, 6) is -0.0596. The van der Waals surface area contributed by atoms with Crippen molar-refractivity contribution >= 4 is 15.7 Å². The maximum absolute atomic E-state index is 13.4. The van der Waals surface area contributed by atoms with Gasteiger partial charge >= 0.3 is 0 Å². The molecule has 3 aromatic rings. The summed E-state index contributed by atoms with van der Waals surface area (Å²) in [6.07, 6.45) is 1.58. The predicted molar refractivity (Wildman–Crippen MR) is 137 cm³/mol. The number of aromatic nitrogens is 2. The third-order valence-electron chi connectivity index (χ3n) is 5.75. The van der Waals surface area contributed by atoms with E-state index in [2.05, 4.69) is 4.98 Å². The van der Waals surface area contributed by atoms with Crippen molar-refractivity contribution in [2.45, 2.75) is 51.7 Å². The molecule has 0 atom stereocenters. The molecule has 0 fully saturated rings. The SMILES string of the molecule is COCCN(Cc1cnc(S(=O)(=O)Cc2cccc(C)c2)n1CC(C)C)C(=O)c1ccccc1C. The minimum atomic E-state index is -3.69. The molecule has 0 bridgehead atoms. The first-order valence-corrected chi connectivity index (χ1v) is 13.4. The highest BCUT2D eigenvalue weighted by Gasteiger charge is 2.26. The van der Waals surface area contributed by atoms with Crippen LogP contribution in [0.5, 0.6) is 0 Å². The Morgan fingerprint density at radius 1 is 1.11 bits per heavy atom. The number of imidazole rings is 1. The summed E-state index contributed by atoms with van der Waals surface area (Å²) in [6.45, 7) is 9.36. The second-order valence-corrected chi connectivity index (χ2v) is 11.2. The van der Waals surface area contributed by atoms with Crippen molar-refractivity contribution < 1.29 is 17.9 Å². The van der Waals surface area contributed by atoms with Crippen LogP contribution >= 0.6 is 0 Å². The summed E-state index contributed by atoms with van der Waals surface area (Å²) in [5, 5.41) is 0.0396. The van der Waals surface area contributed by atoms with Crippen LogP contribution in [0.25, 0.3) is 0 Å². The van der Waals surface area contributed by atoms with Gasteiger partial charge in [0, 0.05) is 25.8 Å². The van der Waals surface area contributed by atoms with Crippen LogP contribution in [0.3, 0.4) is 0 Å². The van der Waals surface area contributed by atoms with E-state index in [4.69, 9.17) is 4.74 Å². The molecule has 0 aliphatic carbocycles. The van der Waals surface area contributed by atoms with E-state index >= 15 is 0 Å². The van der Waals surface area contributed by atoms with E-state index in [9.17, 15) is 13.2 Å². The molecule has 8 heteroatoms. The van der Waals surface area contributed by atoms with Gasteiger partial charge in [-0.05, 0) is 37.0 Å². The predicted octanol–water partition coefficient (Wildman–Crippen LogP) is 4.42. The average Bonchev–Trinajstić information content (AvgIpc) is 3.18. The number of amides is 1. The molecule has 0 aliphatic heterocycles. The molecule has 188 valence electrons. The van der Waals surface area contributed by atoms with Crippen LogP contribution in [-0.4, -0.2) is 49.0 Å². The molecule has 2 aromatic carbocycles. The molecular formula is C27H35N3O4S. The number of sulfone groups is 1. The highest BCUT2D eigenvalue weighted by atomic mass is 32.2. The van der Waals surface area contributed by atoms with E-state index in [0.717, 1.165) is 16.7 Å². The van der Waals surface area contributed by atoms with Gasteiger partial charge in [-0.2, -0.15) is 0 Å². The van der Waals surface area contributed by atoms with Crippen molar-refractivity contribution in [3.63, 3.8) is 0 Å². The molecule has 3 rings (SSSR count). The third-order valence-corrected chi connectivity index (χ3v) is 7.34. The van der Waals surface area contributed by atoms with Gasteiger partial charge in [-0.25, -0.2) is 13.4 Å². The average molecular weight is 498 g/mol. The molecule has 0 unspecified atom stereocenters. The van der Waals surface area contributed by atoms with Crippen molar-refractivity contribution in [3.05, 3.63) is 82.7 Å². The molecule has 0 saturated carbocycles. The Morgan fingerprint density at radius 3 is 2.51 bits per heavy atom. The van der Waals surface area contributed by atoms with E-state index in [1.807, 2.05) is 70.2 Å². The summed E-state index contributed by atoms with van der Waals surface area (Å²) >= 11 is 0. The van der Waals surface area contributed by atoms with Gasteiger partial charge in [0.15, 0.2) is 0 Å². The quantitative estimate of drug-likeness (QED) is 0.392. The Labute approximate surface area is 208 Å². The van der Waals surface area contributed by atoms with Crippen LogP contribution in [0.4, 0.5) is 0 Å². The number of hydrogen-bond donors (Lipinski definition) is 0. The number of aryl methyl sites for hydroxylation is 2. The van der Waals surface area contributed by atoms with Crippen LogP contribution in [0.1, 0.15) is 46.6 Å². The first kappa shape index (κ1) is 26.6. The van der Waals surface area contributed by atoms with E-state index in [-0.39, 0.29) is 29.3 Å². The molecule has 0 spiro atoms. The monoisotopic (exact) mass is 497 g/mol. The molecule has 35 heavy (non-hydrogen) atoms. The normalized spacial score (nSPS) is 11.7. The van der Waals surface area contributed by atoms with Gasteiger partial charge in [0.1, 0.15) is 0 Å². The Kier molecular flexibility index (Phi) is 8.86. The first-order valence-electron chi connectivity index (χ1n) is 11.8. The topological polar surface area (TPSA) is 81.5 Å². The summed E-state index contributed by atoms with van der Waals surface area (Å²) in [7, 11) is -2.10. The first-order chi connectivity index (χ1) is 16.6. The van der Waals surface area contributed by atoms with Gasteiger partial charge in [-0.1, -0.05) is 61.9 Å². The zero-order chi connectivity index (χ0) is 25.6. The fourth-order valence-electron chi connectivity index (χ4n) is 4.05. The fraction of sp³-hybridized carbons (Fsp3) is 0.407. The standard InChI is InChI=1S/C27H35N3O4S/c1-20(2)17-30-24(16-28-27(30)35(32,33)19-23-11-8-9-21(3)15-23)18-29(13-14-34-5)26(31)25-12-7-6-10-22(25)4/h6-12,15-16,20H,13-14,17-19H2,1-5H3. The molecule has 0 N–H and O–H groups in total. The Balaban J connectivity index is 1.97. The van der Waals surface area contributed by atoms with Crippen molar-refractivity contribution in [2.75, 3.05) is 20.3 Å². The molecule has 0 saturated heterocycles. The van der Waals surface area contributed by atoms with Gasteiger partial charge in [0.25, 0.3) is 5.91 Å². The van der Waals surface area contributed by atoms with Crippen molar-refractivity contribution in [1.29, 1.82) is 0 Å². The number of hydrogen-bond acceptors (Lipinski definition) is 5. The van der Waals surface area contributed by atoms with Crippen LogP contribution in [0.2, 0.25) is 0 Å². The maximum atomic E-state index is 13.4. The lowest BCUT2D eigenvalue weighted by molar-refractivity contribution is 0.0674. The fourth-order valence-corrected chi connectivity index (χ4v) is 5.53. The molecule has 1 amide bonds. The van der Waals surface area contributed by atoms with Gasteiger partial charge in [0.05, 0.1) is 30.8 Å². The van der Waals surface area contributed by atoms with Gasteiger partial charge in [-0.3, -0.25) is 4.79 Å². The van der Waals surface area contributed by atoms with Crippen molar-refractivity contribution in [1.82, 2.24) is 14.5 Å². The molecule has 1 aromatic heterocycles. The number of methoxy groups -OCH3 is 1. The summed E-state index contributed by atoms with van der Waals surface area (Å²) < 4.78 is 33.8. The third kappa shape index (κ3) is 6.80. The highest BCUT2D eigenvalue weighted by Crippen LogP contribution is 2.22. The van der Waals surface area contributed by atoms with Crippen LogP contribution in [0, 0.1) is 19.8 Å². The van der Waals surface area contributed by atoms with Crippen LogP contribution in [-0.2, 0) is 33.4 Å². The van der Waals surface area contributed by atoms with E-state index < -0.39 is 9.84 Å². The minimum Gasteiger partial charge on any atom is -0.383 e. The van der Waals surface area contributed by atoms with E-state index in [1.165, 1.54) is 0 Å². The van der Waals surface area contributed by atoms with Crippen LogP contribution < -0.4 is 0 Å². The van der Waals surface area contributed by atoms with Gasteiger partial charge < -0.3 is 14.2 Å². The minimum absolute atomic E-state index is 0.0396. The van der Waals surface area contributed by atoms with Gasteiger partial charge in [0.2, 0.25) is 15.0 Å². The second-order valence-electron chi connectivity index (χ2n) is 9.32. The lowest BCUT2D eigenvalue weighted by atomic mass is 10.1. The number of benzene rings is 2. The number of carbonyl (C=O) groups excluding carboxylic acids is 1. The highest BCUT2D eigenvalue weighted by molar-refractivity contribution is 7.90. The van der Waals surface area contributed by atoms with E-state index in [0.29, 0.717) is 31.0 Å². The zero-order valence-corrected chi connectivity index (χ0v) is 22.0. The van der Waals surface area contributed by atoms with E-state index in [1.54, 1.807) is 28.8 Å². The largest absolute Gasteiger partial charge is 0.383 e. The number of carbonyl (C=O) groups is 1. The summed E-state index contributed by atoms with van der Waals surface area (Å²) in [6, 6.07) is 14.9. The molecule has 1 heterocycles. The number of ether oxygens (including phenoxy) is 1. The number of rotatable bonds is 11. The van der Waals surface area contributed by atoms with Crippen LogP contribution in [0.15, 0.2) is 59.9 Å². The molecular weight excluding hydrogens is 462 g/mol. The molecule has 0 aliphatic rings. The molecule has 7 nitrogen and oxygen atoms in total. The summed E-state index contributed by atoms with van der Waals surface area (Å²) in [4.78, 5) is 19.4. The second kappa shape index (κ2) is 11.6. The Morgan fingerprint density at radius 2 is 1.86 bits per heavy atom. The van der Waals surface area contributed by atoms with Crippen molar-refractivity contribution in [3.8, 4) is 0 Å². The Bertz CT molecular complexity index is 1260. The van der Waals surface area contributed by atoms with Gasteiger partial charge in [-0.15, -0.1) is 0 Å². The lowest BCUT2D eigenvalue weighted by Gasteiger charge is -2.24. The lowest BCUT2D eigenvalue weighted by Crippen LogP contribution is -2.35. The molecule has 0 radical (unpaired) electrons. The smallest absolute Gasteiger partial charge is 0.254 e. The Hall–Kier alpha value is -2.97. The maximum Gasteiger partial charge on any atom is 0.254 e. The summed E-state index contributed by atoms with van der Waals surface area (Å²) in [5.41, 5.74) is 3.91.